The maximum absolute atomic E-state index is 12.9. The molecule has 0 aliphatic heterocycles. The molecule has 1 aromatic rings. The average Bonchev–Trinajstić information content (AvgIpc) is 2.24. The van der Waals surface area contributed by atoms with Crippen LogP contribution >= 0.6 is 0 Å². The van der Waals surface area contributed by atoms with Crippen LogP contribution in [0, 0.1) is 13.8 Å². The van der Waals surface area contributed by atoms with Crippen LogP contribution in [0.5, 0.6) is 0 Å². The lowest BCUT2D eigenvalue weighted by Gasteiger charge is -2.19. The van der Waals surface area contributed by atoms with E-state index in [9.17, 15) is 30.2 Å². The highest BCUT2D eigenvalue weighted by molar-refractivity contribution is 7.87. The highest BCUT2D eigenvalue weighted by atomic mass is 32.2. The molecule has 0 saturated heterocycles. The molecule has 0 saturated carbocycles. The quantitative estimate of drug-likeness (QED) is 0.593. The van der Waals surface area contributed by atoms with Crippen molar-refractivity contribution >= 4 is 20.2 Å². The predicted molar refractivity (Wildman–Crippen MR) is 63.7 cm³/mol. The number of hydrogen-bond acceptors (Lipinski definition) is 6. The van der Waals surface area contributed by atoms with Crippen LogP contribution in [0.25, 0.3) is 0 Å². The van der Waals surface area contributed by atoms with Crippen LogP contribution in [0.4, 0.5) is 8.78 Å². The Labute approximate surface area is 115 Å². The van der Waals surface area contributed by atoms with Gasteiger partial charge in [-0.1, -0.05) is 17.7 Å². The van der Waals surface area contributed by atoms with E-state index in [1.807, 2.05) is 0 Å². The molecule has 0 spiro atoms. The molecule has 0 heterocycles. The Morgan fingerprint density at radius 2 is 1.75 bits per heavy atom. The zero-order chi connectivity index (χ0) is 15.8. The lowest BCUT2D eigenvalue weighted by Crippen LogP contribution is -2.34. The molecule has 1 rings (SSSR count). The molecule has 0 fully saturated rings. The van der Waals surface area contributed by atoms with Crippen LogP contribution < -0.4 is 0 Å². The van der Waals surface area contributed by atoms with Gasteiger partial charge in [0, 0.05) is 0 Å². The van der Waals surface area contributed by atoms with Crippen LogP contribution in [0.1, 0.15) is 11.1 Å². The van der Waals surface area contributed by atoms with Gasteiger partial charge in [0.1, 0.15) is 6.61 Å². The Balaban J connectivity index is 3.03. The average molecular weight is 329 g/mol. The molecule has 0 bridgehead atoms. The van der Waals surface area contributed by atoms with E-state index in [0.29, 0.717) is 0 Å². The van der Waals surface area contributed by atoms with Gasteiger partial charge in [-0.05, 0) is 25.5 Å². The van der Waals surface area contributed by atoms with Crippen molar-refractivity contribution in [1.82, 2.24) is 0 Å². The van der Waals surface area contributed by atoms with E-state index in [1.54, 1.807) is 6.92 Å². The molecule has 6 nitrogen and oxygen atoms in total. The van der Waals surface area contributed by atoms with Gasteiger partial charge in [0.2, 0.25) is 0 Å². The maximum Gasteiger partial charge on any atom is 0.358 e. The number of rotatable bonds is 5. The van der Waals surface area contributed by atoms with Gasteiger partial charge in [0.25, 0.3) is 10.1 Å². The van der Waals surface area contributed by atoms with Gasteiger partial charge in [-0.3, -0.25) is 4.18 Å². The largest absolute Gasteiger partial charge is 0.743 e. The van der Waals surface area contributed by atoms with Gasteiger partial charge in [-0.2, -0.15) is 17.2 Å². The van der Waals surface area contributed by atoms with Crippen molar-refractivity contribution in [3.63, 3.8) is 0 Å². The summed E-state index contributed by atoms with van der Waals surface area (Å²) in [7, 11) is -10.6. The summed E-state index contributed by atoms with van der Waals surface area (Å²) < 4.78 is 83.8. The lowest BCUT2D eigenvalue weighted by molar-refractivity contribution is 0.0302. The highest BCUT2D eigenvalue weighted by Gasteiger charge is 2.40. The van der Waals surface area contributed by atoms with Gasteiger partial charge in [0.05, 0.1) is 4.90 Å². The Morgan fingerprint density at radius 3 is 2.20 bits per heavy atom. The first-order valence-corrected chi connectivity index (χ1v) is 7.98. The van der Waals surface area contributed by atoms with Crippen molar-refractivity contribution in [1.29, 1.82) is 0 Å². The highest BCUT2D eigenvalue weighted by Crippen LogP contribution is 2.24. The topological polar surface area (TPSA) is 101 Å². The van der Waals surface area contributed by atoms with Gasteiger partial charge in [0.15, 0.2) is 10.1 Å². The molecular formula is C10H11F2O6S2-. The summed E-state index contributed by atoms with van der Waals surface area (Å²) >= 11 is 0. The minimum Gasteiger partial charge on any atom is -0.743 e. The molecule has 10 heteroatoms. The van der Waals surface area contributed by atoms with Gasteiger partial charge < -0.3 is 4.55 Å². The minimum absolute atomic E-state index is 0.248. The van der Waals surface area contributed by atoms with Crippen LogP contribution in [0.2, 0.25) is 0 Å². The number of aryl methyl sites for hydroxylation is 2. The Bertz CT molecular complexity index is 709. The van der Waals surface area contributed by atoms with Gasteiger partial charge in [-0.25, -0.2) is 8.42 Å². The molecule has 0 radical (unpaired) electrons. The van der Waals surface area contributed by atoms with Gasteiger partial charge >= 0.3 is 5.25 Å². The fourth-order valence-electron chi connectivity index (χ4n) is 1.36. The van der Waals surface area contributed by atoms with Crippen LogP contribution in [0.15, 0.2) is 23.1 Å². The fourth-order valence-corrected chi connectivity index (χ4v) is 2.76. The molecule has 0 aromatic heterocycles. The first-order chi connectivity index (χ1) is 8.87. The summed E-state index contributed by atoms with van der Waals surface area (Å²) in [6.45, 7) is 1.06. The summed E-state index contributed by atoms with van der Waals surface area (Å²) in [5.74, 6) is 0. The second-order valence-corrected chi connectivity index (χ2v) is 7.17. The Kier molecular flexibility index (Phi) is 4.54. The zero-order valence-electron chi connectivity index (χ0n) is 10.5. The molecule has 0 amide bonds. The first kappa shape index (κ1) is 17.0. The summed E-state index contributed by atoms with van der Waals surface area (Å²) in [6, 6.07) is 4.05. The van der Waals surface area contributed by atoms with Crippen molar-refractivity contribution in [2.45, 2.75) is 24.0 Å². The molecule has 0 aliphatic carbocycles. The molecular weight excluding hydrogens is 318 g/mol. The third-order valence-electron chi connectivity index (χ3n) is 2.35. The SMILES string of the molecule is Cc1ccc(S(=O)(=O)OCC(F)(F)S(=O)(=O)[O-])c(C)c1. The smallest absolute Gasteiger partial charge is 0.358 e. The third kappa shape index (κ3) is 3.72. The molecule has 0 atom stereocenters. The Morgan fingerprint density at radius 1 is 1.20 bits per heavy atom. The standard InChI is InChI=1S/C10H12F2O6S2/c1-7-3-4-9(8(2)5-7)19(13,14)18-6-10(11,12)20(15,16)17/h3-5H,6H2,1-2H3,(H,15,16,17)/p-1. The second kappa shape index (κ2) is 5.35. The molecule has 1 aromatic carbocycles. The molecule has 0 aliphatic rings. The second-order valence-electron chi connectivity index (χ2n) is 4.08. The van der Waals surface area contributed by atoms with Crippen LogP contribution in [0.3, 0.4) is 0 Å². The van der Waals surface area contributed by atoms with Crippen molar-refractivity contribution < 1.29 is 34.4 Å². The zero-order valence-corrected chi connectivity index (χ0v) is 12.1. The van der Waals surface area contributed by atoms with Crippen LogP contribution in [-0.4, -0.2) is 33.2 Å². The third-order valence-corrected chi connectivity index (χ3v) is 4.62. The van der Waals surface area contributed by atoms with Crippen molar-refractivity contribution in [2.75, 3.05) is 6.61 Å². The number of halogens is 2. The minimum atomic E-state index is -6.00. The van der Waals surface area contributed by atoms with E-state index in [4.69, 9.17) is 0 Å². The van der Waals surface area contributed by atoms with E-state index < -0.39 is 32.1 Å². The van der Waals surface area contributed by atoms with Gasteiger partial charge in [-0.15, -0.1) is 0 Å². The maximum atomic E-state index is 12.9. The normalized spacial score (nSPS) is 13.4. The van der Waals surface area contributed by atoms with Crippen LogP contribution in [-0.2, 0) is 24.4 Å². The fraction of sp³-hybridized carbons (Fsp3) is 0.400. The van der Waals surface area contributed by atoms with E-state index in [2.05, 4.69) is 4.18 Å². The summed E-state index contributed by atoms with van der Waals surface area (Å²) in [5, 5.41) is -4.82. The first-order valence-electron chi connectivity index (χ1n) is 5.17. The van der Waals surface area contributed by atoms with E-state index in [0.717, 1.165) is 11.6 Å². The predicted octanol–water partition coefficient (Wildman–Crippen LogP) is 1.15. The summed E-state index contributed by atoms with van der Waals surface area (Å²) in [4.78, 5) is -0.373. The van der Waals surface area contributed by atoms with Crippen molar-refractivity contribution in [2.24, 2.45) is 0 Å². The van der Waals surface area contributed by atoms with E-state index in [1.165, 1.54) is 19.1 Å². The Hall–Kier alpha value is -1.10. The monoisotopic (exact) mass is 329 g/mol. The number of benzene rings is 1. The van der Waals surface area contributed by atoms with E-state index in [-0.39, 0.29) is 10.5 Å². The molecule has 0 unspecified atom stereocenters. The molecule has 114 valence electrons. The number of hydrogen-bond donors (Lipinski definition) is 0. The van der Waals surface area contributed by atoms with Crippen molar-refractivity contribution in [3.8, 4) is 0 Å². The van der Waals surface area contributed by atoms with E-state index >= 15 is 0 Å². The summed E-state index contributed by atoms with van der Waals surface area (Å²) in [6.07, 6.45) is 0. The lowest BCUT2D eigenvalue weighted by atomic mass is 10.2. The molecule has 0 N–H and O–H groups in total. The number of alkyl halides is 2. The summed E-state index contributed by atoms with van der Waals surface area (Å²) in [5.41, 5.74) is 0.993. The van der Waals surface area contributed by atoms with Crippen molar-refractivity contribution in [3.05, 3.63) is 29.3 Å². The molecule has 20 heavy (non-hydrogen) atoms.